The molecule has 4 heteroatoms. The number of carboxylic acid groups (broad SMARTS) is 1. The van der Waals surface area contributed by atoms with E-state index in [1.165, 1.54) is 4.90 Å². The number of hydrogen-bond donors (Lipinski definition) is 1. The third-order valence-electron chi connectivity index (χ3n) is 2.63. The van der Waals surface area contributed by atoms with Crippen LogP contribution < -0.4 is 0 Å². The Hall–Kier alpha value is -1.32. The normalized spacial score (nSPS) is 26.1. The fourth-order valence-electron chi connectivity index (χ4n) is 1.94. The Morgan fingerprint density at radius 1 is 1.57 bits per heavy atom. The van der Waals surface area contributed by atoms with Crippen molar-refractivity contribution in [3.05, 3.63) is 12.7 Å². The average Bonchev–Trinajstić information content (AvgIpc) is 2.57. The van der Waals surface area contributed by atoms with E-state index in [0.29, 0.717) is 6.42 Å². The van der Waals surface area contributed by atoms with Crippen LogP contribution in [0.1, 0.15) is 25.7 Å². The van der Waals surface area contributed by atoms with Gasteiger partial charge in [0, 0.05) is 6.04 Å². The summed E-state index contributed by atoms with van der Waals surface area (Å²) in [5, 5.41) is 8.93. The molecule has 1 aliphatic rings. The van der Waals surface area contributed by atoms with Gasteiger partial charge in [-0.1, -0.05) is 6.08 Å². The fraction of sp³-hybridized carbons (Fsp3) is 0.600. The zero-order valence-corrected chi connectivity index (χ0v) is 8.06. The van der Waals surface area contributed by atoms with Crippen molar-refractivity contribution in [2.75, 3.05) is 0 Å². The quantitative estimate of drug-likeness (QED) is 0.550. The number of carbonyl (C=O) groups excluding carboxylic acids is 1. The summed E-state index contributed by atoms with van der Waals surface area (Å²) in [6.45, 7) is 3.60. The van der Waals surface area contributed by atoms with Crippen molar-refractivity contribution in [2.45, 2.75) is 37.8 Å². The molecule has 0 aliphatic carbocycles. The van der Waals surface area contributed by atoms with Crippen LogP contribution in [0.25, 0.3) is 0 Å². The van der Waals surface area contributed by atoms with Gasteiger partial charge in [-0.2, -0.15) is 0 Å². The third kappa shape index (κ3) is 2.13. The SMILES string of the molecule is C=CCC[C@H]1CC[C@@H](C=O)N1C(=O)O. The molecule has 0 spiro atoms. The number of rotatable bonds is 4. The number of nitrogens with zero attached hydrogens (tertiary/aromatic N) is 1. The highest BCUT2D eigenvalue weighted by atomic mass is 16.4. The maximum absolute atomic E-state index is 10.9. The average molecular weight is 197 g/mol. The van der Waals surface area contributed by atoms with E-state index in [1.54, 1.807) is 6.08 Å². The summed E-state index contributed by atoms with van der Waals surface area (Å²) in [7, 11) is 0. The highest BCUT2D eigenvalue weighted by Crippen LogP contribution is 2.26. The van der Waals surface area contributed by atoms with E-state index in [4.69, 9.17) is 5.11 Å². The van der Waals surface area contributed by atoms with Gasteiger partial charge in [0.15, 0.2) is 0 Å². The number of amides is 1. The second kappa shape index (κ2) is 4.79. The van der Waals surface area contributed by atoms with Crippen LogP contribution in [0, 0.1) is 0 Å². The number of carbonyl (C=O) groups is 2. The van der Waals surface area contributed by atoms with Crippen LogP contribution in [0.15, 0.2) is 12.7 Å². The maximum Gasteiger partial charge on any atom is 0.408 e. The van der Waals surface area contributed by atoms with E-state index >= 15 is 0 Å². The lowest BCUT2D eigenvalue weighted by Crippen LogP contribution is -2.40. The molecule has 2 atom stereocenters. The Morgan fingerprint density at radius 3 is 2.79 bits per heavy atom. The van der Waals surface area contributed by atoms with Gasteiger partial charge in [-0.25, -0.2) is 4.79 Å². The van der Waals surface area contributed by atoms with Gasteiger partial charge >= 0.3 is 6.09 Å². The molecule has 1 aliphatic heterocycles. The van der Waals surface area contributed by atoms with Gasteiger partial charge in [-0.15, -0.1) is 6.58 Å². The number of aldehydes is 1. The summed E-state index contributed by atoms with van der Waals surface area (Å²) in [5.74, 6) is 0. The molecule has 0 radical (unpaired) electrons. The number of allylic oxidation sites excluding steroid dienone is 1. The molecule has 4 nitrogen and oxygen atoms in total. The van der Waals surface area contributed by atoms with Crippen molar-refractivity contribution in [1.29, 1.82) is 0 Å². The minimum Gasteiger partial charge on any atom is -0.465 e. The van der Waals surface area contributed by atoms with Gasteiger partial charge in [0.1, 0.15) is 6.29 Å². The van der Waals surface area contributed by atoms with Crippen molar-refractivity contribution in [1.82, 2.24) is 4.90 Å². The molecule has 78 valence electrons. The van der Waals surface area contributed by atoms with Gasteiger partial charge in [0.2, 0.25) is 0 Å². The molecule has 1 fully saturated rings. The van der Waals surface area contributed by atoms with Gasteiger partial charge < -0.3 is 9.90 Å². The molecule has 0 aromatic rings. The minimum atomic E-state index is -0.992. The Kier molecular flexibility index (Phi) is 3.68. The highest BCUT2D eigenvalue weighted by Gasteiger charge is 2.35. The van der Waals surface area contributed by atoms with Crippen LogP contribution in [0.5, 0.6) is 0 Å². The molecule has 0 aromatic heterocycles. The Bertz CT molecular complexity index is 240. The summed E-state index contributed by atoms with van der Waals surface area (Å²) in [4.78, 5) is 22.8. The molecule has 0 aromatic carbocycles. The first-order valence-electron chi connectivity index (χ1n) is 4.78. The van der Waals surface area contributed by atoms with Gasteiger partial charge in [-0.05, 0) is 25.7 Å². The van der Waals surface area contributed by atoms with Crippen LogP contribution in [0.4, 0.5) is 4.79 Å². The second-order valence-corrected chi connectivity index (χ2v) is 3.49. The summed E-state index contributed by atoms with van der Waals surface area (Å²) in [6, 6.07) is -0.456. The van der Waals surface area contributed by atoms with Crippen LogP contribution in [0.3, 0.4) is 0 Å². The molecular formula is C10H15NO3. The van der Waals surface area contributed by atoms with Crippen LogP contribution in [-0.2, 0) is 4.79 Å². The van der Waals surface area contributed by atoms with E-state index in [9.17, 15) is 9.59 Å². The third-order valence-corrected chi connectivity index (χ3v) is 2.63. The molecule has 0 bridgehead atoms. The molecule has 0 saturated carbocycles. The predicted octanol–water partition coefficient (Wildman–Crippen LogP) is 1.66. The molecule has 1 N–H and O–H groups in total. The highest BCUT2D eigenvalue weighted by molar-refractivity contribution is 5.73. The largest absolute Gasteiger partial charge is 0.465 e. The van der Waals surface area contributed by atoms with Gasteiger partial charge in [0.25, 0.3) is 0 Å². The Labute approximate surface area is 83.2 Å². The van der Waals surface area contributed by atoms with Crippen molar-refractivity contribution in [3.8, 4) is 0 Å². The standard InChI is InChI=1S/C10H15NO3/c1-2-3-4-8-5-6-9(7-12)11(8)10(13)14/h2,7-9H,1,3-6H2,(H,13,14)/t8-,9-/m0/s1. The second-order valence-electron chi connectivity index (χ2n) is 3.49. The summed E-state index contributed by atoms with van der Waals surface area (Å²) in [6.07, 6.45) is 4.49. The zero-order valence-electron chi connectivity index (χ0n) is 8.06. The number of likely N-dealkylation sites (tertiary alicyclic amines) is 1. The molecule has 1 heterocycles. The monoisotopic (exact) mass is 197 g/mol. The topological polar surface area (TPSA) is 57.6 Å². The van der Waals surface area contributed by atoms with E-state index in [1.807, 2.05) is 0 Å². The summed E-state index contributed by atoms with van der Waals surface area (Å²) in [5.41, 5.74) is 0. The molecular weight excluding hydrogens is 182 g/mol. The fourth-order valence-corrected chi connectivity index (χ4v) is 1.94. The Balaban J connectivity index is 2.62. The Morgan fingerprint density at radius 2 is 2.29 bits per heavy atom. The minimum absolute atomic E-state index is 0.0132. The lowest BCUT2D eigenvalue weighted by Gasteiger charge is -2.24. The van der Waals surface area contributed by atoms with Crippen molar-refractivity contribution in [3.63, 3.8) is 0 Å². The lowest BCUT2D eigenvalue weighted by atomic mass is 10.1. The molecule has 1 saturated heterocycles. The van der Waals surface area contributed by atoms with E-state index in [2.05, 4.69) is 6.58 Å². The first kappa shape index (κ1) is 10.8. The van der Waals surface area contributed by atoms with E-state index < -0.39 is 12.1 Å². The van der Waals surface area contributed by atoms with Gasteiger partial charge in [-0.3, -0.25) is 4.90 Å². The molecule has 0 unspecified atom stereocenters. The molecule has 1 amide bonds. The first-order chi connectivity index (χ1) is 6.70. The maximum atomic E-state index is 10.9. The van der Waals surface area contributed by atoms with Crippen molar-refractivity contribution < 1.29 is 14.7 Å². The van der Waals surface area contributed by atoms with Crippen LogP contribution >= 0.6 is 0 Å². The first-order valence-corrected chi connectivity index (χ1v) is 4.78. The number of hydrogen-bond acceptors (Lipinski definition) is 2. The lowest BCUT2D eigenvalue weighted by molar-refractivity contribution is -0.111. The summed E-state index contributed by atoms with van der Waals surface area (Å²) >= 11 is 0. The van der Waals surface area contributed by atoms with Crippen LogP contribution in [-0.4, -0.2) is 34.5 Å². The zero-order chi connectivity index (χ0) is 10.6. The van der Waals surface area contributed by atoms with E-state index in [-0.39, 0.29) is 6.04 Å². The summed E-state index contributed by atoms with van der Waals surface area (Å²) < 4.78 is 0. The van der Waals surface area contributed by atoms with E-state index in [0.717, 1.165) is 25.5 Å². The van der Waals surface area contributed by atoms with Gasteiger partial charge in [0.05, 0.1) is 6.04 Å². The predicted molar refractivity (Wildman–Crippen MR) is 52.2 cm³/mol. The smallest absolute Gasteiger partial charge is 0.408 e. The molecule has 1 rings (SSSR count). The van der Waals surface area contributed by atoms with Crippen molar-refractivity contribution in [2.24, 2.45) is 0 Å². The molecule has 14 heavy (non-hydrogen) atoms. The van der Waals surface area contributed by atoms with Crippen molar-refractivity contribution >= 4 is 12.4 Å². The van der Waals surface area contributed by atoms with Crippen LogP contribution in [0.2, 0.25) is 0 Å².